The Balaban J connectivity index is 2.31. The Labute approximate surface area is 137 Å². The fourth-order valence-corrected chi connectivity index (χ4v) is 1.77. The number of para-hydroxylation sites is 2. The van der Waals surface area contributed by atoms with Gasteiger partial charge in [-0.15, -0.1) is 0 Å². The van der Waals surface area contributed by atoms with Crippen LogP contribution in [-0.2, 0) is 14.5 Å². The van der Waals surface area contributed by atoms with Gasteiger partial charge in [0.1, 0.15) is 5.82 Å². The van der Waals surface area contributed by atoms with Gasteiger partial charge in [0.25, 0.3) is 0 Å². The number of amides is 1. The minimum atomic E-state index is -0.695. The predicted molar refractivity (Wildman–Crippen MR) is 84.0 cm³/mol. The van der Waals surface area contributed by atoms with Crippen molar-refractivity contribution < 1.29 is 28.5 Å². The van der Waals surface area contributed by atoms with Gasteiger partial charge in [0.2, 0.25) is 11.7 Å². The molecule has 0 aliphatic rings. The van der Waals surface area contributed by atoms with E-state index in [-0.39, 0.29) is 28.6 Å². The van der Waals surface area contributed by atoms with Crippen LogP contribution >= 0.6 is 0 Å². The number of carbonyl (C=O) groups is 2. The summed E-state index contributed by atoms with van der Waals surface area (Å²) < 4.78 is 19.4. The van der Waals surface area contributed by atoms with Gasteiger partial charge in [0.15, 0.2) is 11.5 Å². The first-order valence-corrected chi connectivity index (χ1v) is 6.85. The Morgan fingerprint density at radius 1 is 1.08 bits per heavy atom. The zero-order chi connectivity index (χ0) is 17.7. The summed E-state index contributed by atoms with van der Waals surface area (Å²) in [4.78, 5) is 31.3. The maximum absolute atomic E-state index is 13.8. The van der Waals surface area contributed by atoms with Crippen molar-refractivity contribution >= 4 is 23.3 Å². The lowest BCUT2D eigenvalue weighted by molar-refractivity contribution is -0.211. The van der Waals surface area contributed by atoms with Gasteiger partial charge in [-0.1, -0.05) is 12.1 Å². The number of rotatable bonds is 5. The third kappa shape index (κ3) is 4.35. The molecule has 2 aromatic carbocycles. The van der Waals surface area contributed by atoms with Crippen molar-refractivity contribution in [2.24, 2.45) is 0 Å². The SMILES string of the molecule is CC(=O)Nc1cc(Oc2ccccc2OOC(C)=O)c(N)cc1F. The van der Waals surface area contributed by atoms with E-state index in [4.69, 9.17) is 15.4 Å². The van der Waals surface area contributed by atoms with Crippen LogP contribution in [0.25, 0.3) is 0 Å². The first kappa shape index (κ1) is 17.1. The number of nitrogens with one attached hydrogen (secondary N) is 1. The second-order valence-corrected chi connectivity index (χ2v) is 4.76. The highest BCUT2D eigenvalue weighted by atomic mass is 19.1. The molecule has 8 heteroatoms. The quantitative estimate of drug-likeness (QED) is 0.495. The maximum Gasteiger partial charge on any atom is 0.352 e. The number of benzene rings is 2. The second kappa shape index (κ2) is 7.32. The molecule has 0 aliphatic heterocycles. The van der Waals surface area contributed by atoms with Crippen LogP contribution in [0.3, 0.4) is 0 Å². The van der Waals surface area contributed by atoms with Crippen molar-refractivity contribution in [2.75, 3.05) is 11.1 Å². The predicted octanol–water partition coefficient (Wildman–Crippen LogP) is 3.02. The lowest BCUT2D eigenvalue weighted by atomic mass is 10.2. The standard InChI is InChI=1S/C16H15FN2O5/c1-9(20)19-13-8-16(12(18)7-11(13)17)22-14-5-3-4-6-15(14)24-23-10(2)21/h3-8H,18H2,1-2H3,(H,19,20). The topological polar surface area (TPSA) is 99.9 Å². The molecule has 0 atom stereocenters. The molecule has 0 aromatic heterocycles. The summed E-state index contributed by atoms with van der Waals surface area (Å²) in [7, 11) is 0. The van der Waals surface area contributed by atoms with E-state index in [1.54, 1.807) is 18.2 Å². The van der Waals surface area contributed by atoms with E-state index in [1.165, 1.54) is 26.0 Å². The van der Waals surface area contributed by atoms with Crippen molar-refractivity contribution in [1.82, 2.24) is 0 Å². The fraction of sp³-hybridized carbons (Fsp3) is 0.125. The highest BCUT2D eigenvalue weighted by Crippen LogP contribution is 2.36. The van der Waals surface area contributed by atoms with Crippen molar-refractivity contribution in [1.29, 1.82) is 0 Å². The van der Waals surface area contributed by atoms with E-state index in [1.807, 2.05) is 0 Å². The van der Waals surface area contributed by atoms with Gasteiger partial charge in [-0.3, -0.25) is 14.6 Å². The number of hydrogen-bond acceptors (Lipinski definition) is 6. The Morgan fingerprint density at radius 2 is 1.75 bits per heavy atom. The molecular formula is C16H15FN2O5. The van der Waals surface area contributed by atoms with Crippen LogP contribution in [0.1, 0.15) is 13.8 Å². The largest absolute Gasteiger partial charge is 0.451 e. The van der Waals surface area contributed by atoms with Gasteiger partial charge in [0.05, 0.1) is 11.4 Å². The molecule has 126 valence electrons. The number of hydrogen-bond donors (Lipinski definition) is 2. The summed E-state index contributed by atoms with van der Waals surface area (Å²) in [5, 5.41) is 2.33. The van der Waals surface area contributed by atoms with E-state index in [0.717, 1.165) is 6.07 Å². The summed E-state index contributed by atoms with van der Waals surface area (Å²) in [6, 6.07) is 8.62. The monoisotopic (exact) mass is 334 g/mol. The molecule has 0 fully saturated rings. The van der Waals surface area contributed by atoms with Gasteiger partial charge >= 0.3 is 5.97 Å². The number of carbonyl (C=O) groups excluding carboxylic acids is 2. The average Bonchev–Trinajstić information content (AvgIpc) is 2.50. The van der Waals surface area contributed by atoms with E-state index < -0.39 is 17.7 Å². The smallest absolute Gasteiger partial charge is 0.352 e. The van der Waals surface area contributed by atoms with E-state index >= 15 is 0 Å². The Bertz CT molecular complexity index is 779. The number of nitrogen functional groups attached to an aromatic ring is 1. The van der Waals surface area contributed by atoms with E-state index in [2.05, 4.69) is 10.2 Å². The Morgan fingerprint density at radius 3 is 2.38 bits per heavy atom. The molecule has 0 bridgehead atoms. The maximum atomic E-state index is 13.8. The van der Waals surface area contributed by atoms with Crippen molar-refractivity contribution in [2.45, 2.75) is 13.8 Å². The molecule has 0 aliphatic carbocycles. The van der Waals surface area contributed by atoms with Gasteiger partial charge in [-0.25, -0.2) is 9.18 Å². The van der Waals surface area contributed by atoms with Crippen molar-refractivity contribution in [3.05, 3.63) is 42.2 Å². The third-order valence-electron chi connectivity index (χ3n) is 2.73. The molecule has 0 heterocycles. The highest BCUT2D eigenvalue weighted by Gasteiger charge is 2.14. The minimum Gasteiger partial charge on any atom is -0.451 e. The summed E-state index contributed by atoms with van der Waals surface area (Å²) in [6.07, 6.45) is 0. The molecule has 0 saturated heterocycles. The van der Waals surface area contributed by atoms with Crippen LogP contribution < -0.4 is 20.7 Å². The molecule has 24 heavy (non-hydrogen) atoms. The number of halogens is 1. The van der Waals surface area contributed by atoms with Crippen molar-refractivity contribution in [3.8, 4) is 17.2 Å². The van der Waals surface area contributed by atoms with Crippen molar-refractivity contribution in [3.63, 3.8) is 0 Å². The summed E-state index contributed by atoms with van der Waals surface area (Å²) >= 11 is 0. The first-order valence-electron chi connectivity index (χ1n) is 6.85. The van der Waals surface area contributed by atoms with E-state index in [9.17, 15) is 14.0 Å². The normalized spacial score (nSPS) is 9.96. The minimum absolute atomic E-state index is 0.0175. The van der Waals surface area contributed by atoms with Crippen LogP contribution in [0, 0.1) is 5.82 Å². The third-order valence-corrected chi connectivity index (χ3v) is 2.73. The number of ether oxygens (including phenoxy) is 1. The molecule has 1 amide bonds. The molecular weight excluding hydrogens is 319 g/mol. The van der Waals surface area contributed by atoms with Gasteiger partial charge in [-0.05, 0) is 12.1 Å². The Hall–Kier alpha value is -3.29. The zero-order valence-electron chi connectivity index (χ0n) is 13.0. The molecule has 0 spiro atoms. The van der Waals surface area contributed by atoms with E-state index in [0.29, 0.717) is 0 Å². The summed E-state index contributed by atoms with van der Waals surface area (Å²) in [5.74, 6) is -1.37. The average molecular weight is 334 g/mol. The lowest BCUT2D eigenvalue weighted by Crippen LogP contribution is -2.08. The van der Waals surface area contributed by atoms with Crippen LogP contribution in [0.2, 0.25) is 0 Å². The zero-order valence-corrected chi connectivity index (χ0v) is 13.0. The Kier molecular flexibility index (Phi) is 5.20. The molecule has 2 aromatic rings. The highest BCUT2D eigenvalue weighted by molar-refractivity contribution is 5.89. The molecule has 3 N–H and O–H groups in total. The summed E-state index contributed by atoms with van der Waals surface area (Å²) in [5.41, 5.74) is 5.68. The number of nitrogens with two attached hydrogens (primary N) is 1. The molecule has 0 unspecified atom stereocenters. The first-order chi connectivity index (χ1) is 11.4. The van der Waals surface area contributed by atoms with Gasteiger partial charge in [-0.2, -0.15) is 0 Å². The van der Waals surface area contributed by atoms with Crippen LogP contribution in [-0.4, -0.2) is 11.9 Å². The van der Waals surface area contributed by atoms with Crippen LogP contribution in [0.5, 0.6) is 17.2 Å². The lowest BCUT2D eigenvalue weighted by Gasteiger charge is -2.13. The molecule has 0 saturated carbocycles. The molecule has 0 radical (unpaired) electrons. The molecule has 7 nitrogen and oxygen atoms in total. The summed E-state index contributed by atoms with van der Waals surface area (Å²) in [6.45, 7) is 2.43. The second-order valence-electron chi connectivity index (χ2n) is 4.76. The number of anilines is 2. The molecule has 2 rings (SSSR count). The van der Waals surface area contributed by atoms with Gasteiger partial charge in [0, 0.05) is 26.0 Å². The van der Waals surface area contributed by atoms with Crippen LogP contribution in [0.15, 0.2) is 36.4 Å². The van der Waals surface area contributed by atoms with Crippen LogP contribution in [0.4, 0.5) is 15.8 Å². The van der Waals surface area contributed by atoms with Gasteiger partial charge < -0.3 is 15.8 Å². The fourth-order valence-electron chi connectivity index (χ4n) is 1.77.